The Labute approximate surface area is 106 Å². The van der Waals surface area contributed by atoms with Gasteiger partial charge >= 0.3 is 6.30 Å². The van der Waals surface area contributed by atoms with Crippen LogP contribution in [0.2, 0.25) is 0 Å². The number of halogens is 3. The SMILES string of the molecule is Oc1cccc(Nc2cnc(NC(F)(F)F)nc2)c1. The number of alkyl halides is 3. The zero-order valence-corrected chi connectivity index (χ0v) is 9.44. The Morgan fingerprint density at radius 1 is 1.05 bits per heavy atom. The van der Waals surface area contributed by atoms with Crippen molar-refractivity contribution in [3.8, 4) is 5.75 Å². The standard InChI is InChI=1S/C11H9F3N4O/c12-11(13,14)18-10-15-5-8(6-16-10)17-7-2-1-3-9(19)4-7/h1-6,17,19H,(H,15,16,18). The molecule has 3 N–H and O–H groups in total. The lowest BCUT2D eigenvalue weighted by molar-refractivity contribution is -0.101. The number of phenolic OH excluding ortho intramolecular Hbond substituents is 1. The molecule has 0 aliphatic rings. The highest BCUT2D eigenvalue weighted by molar-refractivity contribution is 5.59. The molecule has 0 aliphatic carbocycles. The monoisotopic (exact) mass is 270 g/mol. The molecule has 2 rings (SSSR count). The molecule has 0 aliphatic heterocycles. The van der Waals surface area contributed by atoms with Gasteiger partial charge in [0.25, 0.3) is 0 Å². The Hall–Kier alpha value is -2.51. The number of anilines is 3. The van der Waals surface area contributed by atoms with Crippen molar-refractivity contribution in [1.82, 2.24) is 9.97 Å². The second-order valence-electron chi connectivity index (χ2n) is 3.59. The van der Waals surface area contributed by atoms with Gasteiger partial charge in [-0.05, 0) is 12.1 Å². The molecule has 19 heavy (non-hydrogen) atoms. The minimum Gasteiger partial charge on any atom is -0.508 e. The van der Waals surface area contributed by atoms with E-state index in [4.69, 9.17) is 0 Å². The van der Waals surface area contributed by atoms with Crippen molar-refractivity contribution in [2.24, 2.45) is 0 Å². The van der Waals surface area contributed by atoms with Crippen LogP contribution in [0.4, 0.5) is 30.5 Å². The zero-order chi connectivity index (χ0) is 13.9. The number of benzene rings is 1. The van der Waals surface area contributed by atoms with Crippen LogP contribution in [0.15, 0.2) is 36.7 Å². The number of rotatable bonds is 3. The van der Waals surface area contributed by atoms with Crippen LogP contribution in [-0.2, 0) is 0 Å². The van der Waals surface area contributed by atoms with Gasteiger partial charge in [0.2, 0.25) is 5.95 Å². The first-order valence-electron chi connectivity index (χ1n) is 5.15. The first-order valence-corrected chi connectivity index (χ1v) is 5.15. The van der Waals surface area contributed by atoms with Gasteiger partial charge in [-0.25, -0.2) is 9.97 Å². The van der Waals surface area contributed by atoms with Gasteiger partial charge in [0.15, 0.2) is 0 Å². The van der Waals surface area contributed by atoms with Crippen molar-refractivity contribution in [2.45, 2.75) is 6.30 Å². The van der Waals surface area contributed by atoms with E-state index in [0.29, 0.717) is 11.4 Å². The molecule has 0 unspecified atom stereocenters. The van der Waals surface area contributed by atoms with Crippen LogP contribution in [0.1, 0.15) is 0 Å². The number of aromatic nitrogens is 2. The molecule has 1 heterocycles. The Morgan fingerprint density at radius 3 is 2.32 bits per heavy atom. The molecule has 8 heteroatoms. The van der Waals surface area contributed by atoms with Gasteiger partial charge in [-0.1, -0.05) is 6.07 Å². The summed E-state index contributed by atoms with van der Waals surface area (Å²) >= 11 is 0. The molecule has 0 spiro atoms. The summed E-state index contributed by atoms with van der Waals surface area (Å²) in [5, 5.41) is 13.3. The predicted octanol–water partition coefficient (Wildman–Crippen LogP) is 2.86. The van der Waals surface area contributed by atoms with Gasteiger partial charge in [0.05, 0.1) is 18.1 Å². The van der Waals surface area contributed by atoms with E-state index >= 15 is 0 Å². The van der Waals surface area contributed by atoms with Crippen molar-refractivity contribution in [2.75, 3.05) is 10.6 Å². The van der Waals surface area contributed by atoms with Gasteiger partial charge in [0.1, 0.15) is 5.75 Å². The normalized spacial score (nSPS) is 11.1. The zero-order valence-electron chi connectivity index (χ0n) is 9.44. The summed E-state index contributed by atoms with van der Waals surface area (Å²) in [7, 11) is 0. The fourth-order valence-corrected chi connectivity index (χ4v) is 1.33. The van der Waals surface area contributed by atoms with Crippen LogP contribution < -0.4 is 10.6 Å². The van der Waals surface area contributed by atoms with Gasteiger partial charge in [-0.2, -0.15) is 13.2 Å². The topological polar surface area (TPSA) is 70.1 Å². The number of aromatic hydroxyl groups is 1. The molecule has 0 amide bonds. The van der Waals surface area contributed by atoms with Crippen LogP contribution >= 0.6 is 0 Å². The van der Waals surface area contributed by atoms with E-state index in [-0.39, 0.29) is 5.75 Å². The lowest BCUT2D eigenvalue weighted by Gasteiger charge is -2.09. The van der Waals surface area contributed by atoms with Crippen LogP contribution in [0, 0.1) is 0 Å². The van der Waals surface area contributed by atoms with Crippen molar-refractivity contribution >= 4 is 17.3 Å². The maximum atomic E-state index is 12.0. The molecule has 5 nitrogen and oxygen atoms in total. The molecule has 0 saturated heterocycles. The Bertz CT molecular complexity index is 557. The minimum absolute atomic E-state index is 0.0706. The molecule has 100 valence electrons. The third-order valence-corrected chi connectivity index (χ3v) is 2.04. The first-order chi connectivity index (χ1) is 8.92. The summed E-state index contributed by atoms with van der Waals surface area (Å²) in [5.74, 6) is -0.463. The lowest BCUT2D eigenvalue weighted by Crippen LogP contribution is -2.22. The van der Waals surface area contributed by atoms with Gasteiger partial charge in [-0.3, -0.25) is 5.32 Å². The summed E-state index contributed by atoms with van der Waals surface area (Å²) < 4.78 is 36.0. The molecule has 1 aromatic carbocycles. The molecule has 1 aromatic heterocycles. The fourth-order valence-electron chi connectivity index (χ4n) is 1.33. The molecular formula is C11H9F3N4O. The summed E-state index contributed by atoms with van der Waals surface area (Å²) in [6.07, 6.45) is -2.17. The lowest BCUT2D eigenvalue weighted by atomic mass is 10.3. The second kappa shape index (κ2) is 5.01. The molecule has 0 fully saturated rings. The molecule has 0 bridgehead atoms. The average Bonchev–Trinajstić information content (AvgIpc) is 2.30. The number of hydrogen-bond acceptors (Lipinski definition) is 5. The summed E-state index contributed by atoms with van der Waals surface area (Å²) in [6, 6.07) is 6.26. The van der Waals surface area contributed by atoms with Gasteiger partial charge in [0, 0.05) is 11.8 Å². The number of hydrogen-bond donors (Lipinski definition) is 3. The number of phenols is 1. The largest absolute Gasteiger partial charge is 0.508 e. The Balaban J connectivity index is 2.07. The van der Waals surface area contributed by atoms with Crippen LogP contribution in [0.5, 0.6) is 5.75 Å². The molecule has 0 atom stereocenters. The van der Waals surface area contributed by atoms with Crippen molar-refractivity contribution in [3.63, 3.8) is 0 Å². The summed E-state index contributed by atoms with van der Waals surface area (Å²) in [6.45, 7) is 0. The predicted molar refractivity (Wildman–Crippen MR) is 63.1 cm³/mol. The van der Waals surface area contributed by atoms with Crippen LogP contribution in [0.25, 0.3) is 0 Å². The maximum absolute atomic E-state index is 12.0. The average molecular weight is 270 g/mol. The van der Waals surface area contributed by atoms with E-state index in [1.165, 1.54) is 29.8 Å². The third-order valence-electron chi connectivity index (χ3n) is 2.04. The molecular weight excluding hydrogens is 261 g/mol. The van der Waals surface area contributed by atoms with Crippen molar-refractivity contribution < 1.29 is 18.3 Å². The highest BCUT2D eigenvalue weighted by atomic mass is 19.4. The van der Waals surface area contributed by atoms with Crippen molar-refractivity contribution in [3.05, 3.63) is 36.7 Å². The first kappa shape index (κ1) is 12.9. The number of nitrogens with zero attached hydrogens (tertiary/aromatic N) is 2. The number of nitrogens with one attached hydrogen (secondary N) is 2. The van der Waals surface area contributed by atoms with E-state index < -0.39 is 12.2 Å². The molecule has 2 aromatic rings. The Morgan fingerprint density at radius 2 is 1.74 bits per heavy atom. The van der Waals surface area contributed by atoms with E-state index in [1.54, 1.807) is 12.1 Å². The minimum atomic E-state index is -4.57. The molecule has 0 saturated carbocycles. The Kier molecular flexibility index (Phi) is 3.41. The highest BCUT2D eigenvalue weighted by Gasteiger charge is 2.28. The van der Waals surface area contributed by atoms with E-state index in [0.717, 1.165) is 0 Å². The van der Waals surface area contributed by atoms with Crippen molar-refractivity contribution in [1.29, 1.82) is 0 Å². The van der Waals surface area contributed by atoms with Gasteiger partial charge < -0.3 is 10.4 Å². The van der Waals surface area contributed by atoms with Gasteiger partial charge in [-0.15, -0.1) is 0 Å². The van der Waals surface area contributed by atoms with Crippen LogP contribution in [-0.4, -0.2) is 21.4 Å². The third kappa shape index (κ3) is 4.02. The fraction of sp³-hybridized carbons (Fsp3) is 0.0909. The maximum Gasteiger partial charge on any atom is 0.484 e. The smallest absolute Gasteiger partial charge is 0.484 e. The summed E-state index contributed by atoms with van der Waals surface area (Å²) in [4.78, 5) is 7.03. The van der Waals surface area contributed by atoms with E-state index in [9.17, 15) is 18.3 Å². The summed E-state index contributed by atoms with van der Waals surface area (Å²) in [5.41, 5.74) is 0.971. The molecule has 0 radical (unpaired) electrons. The second-order valence-corrected chi connectivity index (χ2v) is 3.59. The van der Waals surface area contributed by atoms with Crippen LogP contribution in [0.3, 0.4) is 0 Å². The van der Waals surface area contributed by atoms with E-state index in [2.05, 4.69) is 15.3 Å². The quantitative estimate of drug-likeness (QED) is 0.748. The van der Waals surface area contributed by atoms with E-state index in [1.807, 2.05) is 0 Å². The highest BCUT2D eigenvalue weighted by Crippen LogP contribution is 2.21.